The van der Waals surface area contributed by atoms with E-state index in [2.05, 4.69) is 0 Å². The highest BCUT2D eigenvalue weighted by atomic mass is 35.5. The molecule has 0 heterocycles. The minimum Gasteiger partial charge on any atom is -0.300 e. The van der Waals surface area contributed by atoms with Gasteiger partial charge in [0.2, 0.25) is 0 Å². The molecule has 0 aliphatic rings. The highest BCUT2D eigenvalue weighted by Crippen LogP contribution is 2.30. The number of ketones is 1. The van der Waals surface area contributed by atoms with Gasteiger partial charge in [-0.3, -0.25) is 4.79 Å². The van der Waals surface area contributed by atoms with Crippen LogP contribution in [-0.4, -0.2) is 5.78 Å². The van der Waals surface area contributed by atoms with Crippen molar-refractivity contribution in [2.75, 3.05) is 0 Å². The Morgan fingerprint density at radius 1 is 1.50 bits per heavy atom. The fourth-order valence-corrected chi connectivity index (χ4v) is 1.53. The van der Waals surface area contributed by atoms with Gasteiger partial charge in [0.15, 0.2) is 0 Å². The highest BCUT2D eigenvalue weighted by molar-refractivity contribution is 6.31. The summed E-state index contributed by atoms with van der Waals surface area (Å²) in [6.45, 7) is 1.36. The van der Waals surface area contributed by atoms with Gasteiger partial charge in [0.05, 0.1) is 0 Å². The third-order valence-electron chi connectivity index (χ3n) is 1.80. The Kier molecular flexibility index (Phi) is 3.58. The van der Waals surface area contributed by atoms with Crippen molar-refractivity contribution in [3.05, 3.63) is 34.3 Å². The van der Waals surface area contributed by atoms with Crippen molar-refractivity contribution in [3.8, 4) is 0 Å². The molecule has 0 atom stereocenters. The zero-order valence-electron chi connectivity index (χ0n) is 7.56. The van der Waals surface area contributed by atoms with Gasteiger partial charge in [0.25, 0.3) is 6.43 Å². The topological polar surface area (TPSA) is 17.1 Å². The van der Waals surface area contributed by atoms with E-state index in [4.69, 9.17) is 11.6 Å². The third kappa shape index (κ3) is 2.51. The number of rotatable bonds is 3. The first-order chi connectivity index (χ1) is 6.52. The van der Waals surface area contributed by atoms with Crippen LogP contribution in [0.2, 0.25) is 5.02 Å². The van der Waals surface area contributed by atoms with E-state index >= 15 is 0 Å². The zero-order chi connectivity index (χ0) is 10.7. The van der Waals surface area contributed by atoms with Crippen LogP contribution in [0.3, 0.4) is 0 Å². The molecular formula is C10H9ClF2O. The van der Waals surface area contributed by atoms with Crippen molar-refractivity contribution in [1.29, 1.82) is 0 Å². The first-order valence-electron chi connectivity index (χ1n) is 4.07. The lowest BCUT2D eigenvalue weighted by Gasteiger charge is -2.08. The zero-order valence-corrected chi connectivity index (χ0v) is 8.31. The number of carbonyl (C=O) groups excluding carboxylic acids is 1. The lowest BCUT2D eigenvalue weighted by atomic mass is 10.0. The van der Waals surface area contributed by atoms with Gasteiger partial charge in [-0.25, -0.2) is 8.78 Å². The van der Waals surface area contributed by atoms with Gasteiger partial charge >= 0.3 is 0 Å². The van der Waals surface area contributed by atoms with Gasteiger partial charge in [0.1, 0.15) is 5.78 Å². The maximum atomic E-state index is 12.5. The summed E-state index contributed by atoms with van der Waals surface area (Å²) in [5.41, 5.74) is 0.0735. The lowest BCUT2D eigenvalue weighted by molar-refractivity contribution is -0.116. The first-order valence-corrected chi connectivity index (χ1v) is 4.45. The van der Waals surface area contributed by atoms with Crippen LogP contribution in [0.4, 0.5) is 8.78 Å². The van der Waals surface area contributed by atoms with Crippen LogP contribution in [0, 0.1) is 0 Å². The molecule has 0 aliphatic heterocycles. The minimum absolute atomic E-state index is 0.000231. The second-order valence-corrected chi connectivity index (χ2v) is 3.40. The number of carbonyl (C=O) groups is 1. The van der Waals surface area contributed by atoms with Crippen LogP contribution in [0.1, 0.15) is 24.5 Å². The summed E-state index contributed by atoms with van der Waals surface area (Å²) >= 11 is 5.62. The minimum atomic E-state index is -2.64. The van der Waals surface area contributed by atoms with E-state index in [-0.39, 0.29) is 22.8 Å². The van der Waals surface area contributed by atoms with Crippen LogP contribution < -0.4 is 0 Å². The predicted octanol–water partition coefficient (Wildman–Crippen LogP) is 3.41. The average molecular weight is 219 g/mol. The molecule has 0 fully saturated rings. The van der Waals surface area contributed by atoms with Gasteiger partial charge in [-0.1, -0.05) is 23.7 Å². The van der Waals surface area contributed by atoms with Crippen molar-refractivity contribution in [2.45, 2.75) is 19.8 Å². The Morgan fingerprint density at radius 3 is 2.64 bits per heavy atom. The molecular weight excluding hydrogens is 210 g/mol. The van der Waals surface area contributed by atoms with E-state index in [1.807, 2.05) is 0 Å². The Labute approximate surface area is 85.7 Å². The number of alkyl halides is 2. The Morgan fingerprint density at radius 2 is 2.14 bits per heavy atom. The van der Waals surface area contributed by atoms with Crippen LogP contribution >= 0.6 is 11.6 Å². The number of hydrogen-bond donors (Lipinski definition) is 0. The Bertz CT molecular complexity index is 350. The van der Waals surface area contributed by atoms with Gasteiger partial charge in [-0.05, 0) is 18.6 Å². The SMILES string of the molecule is CC(=O)Cc1cccc(Cl)c1C(F)F. The summed E-state index contributed by atoms with van der Waals surface area (Å²) in [6.07, 6.45) is -2.64. The Hall–Kier alpha value is -0.960. The summed E-state index contributed by atoms with van der Waals surface area (Å²) in [4.78, 5) is 10.8. The molecule has 0 aliphatic carbocycles. The van der Waals surface area contributed by atoms with Crippen LogP contribution in [-0.2, 0) is 11.2 Å². The Balaban J connectivity index is 3.14. The van der Waals surface area contributed by atoms with E-state index in [0.717, 1.165) is 0 Å². The van der Waals surface area contributed by atoms with Crippen LogP contribution in [0.25, 0.3) is 0 Å². The fourth-order valence-electron chi connectivity index (χ4n) is 1.25. The smallest absolute Gasteiger partial charge is 0.265 e. The molecule has 1 aromatic rings. The van der Waals surface area contributed by atoms with Gasteiger partial charge in [0, 0.05) is 17.0 Å². The molecule has 4 heteroatoms. The lowest BCUT2D eigenvalue weighted by Crippen LogP contribution is -2.02. The van der Waals surface area contributed by atoms with Crippen molar-refractivity contribution in [1.82, 2.24) is 0 Å². The normalized spacial score (nSPS) is 10.6. The summed E-state index contributed by atoms with van der Waals surface area (Å²) in [7, 11) is 0. The predicted molar refractivity (Wildman–Crippen MR) is 50.8 cm³/mol. The maximum Gasteiger partial charge on any atom is 0.265 e. The van der Waals surface area contributed by atoms with Crippen molar-refractivity contribution >= 4 is 17.4 Å². The molecule has 0 bridgehead atoms. The summed E-state index contributed by atoms with van der Waals surface area (Å²) in [6, 6.07) is 4.45. The van der Waals surface area contributed by atoms with Gasteiger partial charge in [-0.15, -0.1) is 0 Å². The number of hydrogen-bond acceptors (Lipinski definition) is 1. The van der Waals surface area contributed by atoms with E-state index in [1.54, 1.807) is 6.07 Å². The standard InChI is InChI=1S/C10H9ClF2O/c1-6(14)5-7-3-2-4-8(11)9(7)10(12)13/h2-4,10H,5H2,1H3. The van der Waals surface area contributed by atoms with E-state index in [1.165, 1.54) is 19.1 Å². The number of Topliss-reactive ketones (excluding diaryl/α,β-unsaturated/α-hetero) is 1. The van der Waals surface area contributed by atoms with Crippen molar-refractivity contribution < 1.29 is 13.6 Å². The molecule has 76 valence electrons. The summed E-state index contributed by atoms with van der Waals surface area (Å²) in [5, 5.41) is 0.0127. The molecule has 0 amide bonds. The molecule has 14 heavy (non-hydrogen) atoms. The van der Waals surface area contributed by atoms with E-state index < -0.39 is 6.43 Å². The molecule has 0 radical (unpaired) electrons. The molecule has 0 spiro atoms. The van der Waals surface area contributed by atoms with Gasteiger partial charge < -0.3 is 0 Å². The highest BCUT2D eigenvalue weighted by Gasteiger charge is 2.17. The molecule has 1 aromatic carbocycles. The molecule has 0 unspecified atom stereocenters. The van der Waals surface area contributed by atoms with Crippen molar-refractivity contribution in [3.63, 3.8) is 0 Å². The first kappa shape index (κ1) is 11.1. The largest absolute Gasteiger partial charge is 0.300 e. The average Bonchev–Trinajstić information content (AvgIpc) is 2.01. The quantitative estimate of drug-likeness (QED) is 0.760. The number of halogens is 3. The molecule has 0 saturated carbocycles. The second-order valence-electron chi connectivity index (χ2n) is 2.99. The molecule has 0 N–H and O–H groups in total. The van der Waals surface area contributed by atoms with Crippen LogP contribution in [0.5, 0.6) is 0 Å². The molecule has 1 rings (SSSR count). The summed E-state index contributed by atoms with van der Waals surface area (Å²) < 4.78 is 25.1. The summed E-state index contributed by atoms with van der Waals surface area (Å²) in [5.74, 6) is -0.158. The monoisotopic (exact) mass is 218 g/mol. The van der Waals surface area contributed by atoms with E-state index in [0.29, 0.717) is 5.56 Å². The fraction of sp³-hybridized carbons (Fsp3) is 0.300. The van der Waals surface area contributed by atoms with Crippen molar-refractivity contribution in [2.24, 2.45) is 0 Å². The maximum absolute atomic E-state index is 12.5. The van der Waals surface area contributed by atoms with E-state index in [9.17, 15) is 13.6 Å². The molecule has 1 nitrogen and oxygen atoms in total. The third-order valence-corrected chi connectivity index (χ3v) is 2.13. The number of benzene rings is 1. The van der Waals surface area contributed by atoms with Gasteiger partial charge in [-0.2, -0.15) is 0 Å². The molecule has 0 aromatic heterocycles. The second kappa shape index (κ2) is 4.51. The molecule has 0 saturated heterocycles. The van der Waals surface area contributed by atoms with Crippen LogP contribution in [0.15, 0.2) is 18.2 Å².